The largest absolute Gasteiger partial charge is 0.487 e. The Hall–Kier alpha value is -3.86. The summed E-state index contributed by atoms with van der Waals surface area (Å²) in [7, 11) is 0. The van der Waals surface area contributed by atoms with Gasteiger partial charge in [0.2, 0.25) is 5.91 Å². The van der Waals surface area contributed by atoms with Crippen LogP contribution in [-0.4, -0.2) is 10.9 Å². The first-order valence-electron chi connectivity index (χ1n) is 10.4. The molecule has 0 saturated carbocycles. The highest BCUT2D eigenvalue weighted by Crippen LogP contribution is 2.33. The lowest BCUT2D eigenvalue weighted by atomic mass is 10.0. The summed E-state index contributed by atoms with van der Waals surface area (Å²) in [6, 6.07) is 25.8. The summed E-state index contributed by atoms with van der Waals surface area (Å²) >= 11 is 0. The molecular formula is C26H22N2O3. The number of hydrogen-bond acceptors (Lipinski definition) is 4. The van der Waals surface area contributed by atoms with Gasteiger partial charge in [-0.2, -0.15) is 0 Å². The molecule has 1 aromatic heterocycles. The van der Waals surface area contributed by atoms with E-state index in [9.17, 15) is 4.79 Å². The highest BCUT2D eigenvalue weighted by atomic mass is 16.5. The maximum Gasteiger partial charge on any atom is 0.224 e. The predicted molar refractivity (Wildman–Crippen MR) is 120 cm³/mol. The number of anilines is 1. The number of hydrogen-bond donors (Lipinski definition) is 1. The molecule has 0 saturated heterocycles. The number of carbonyl (C=O) groups is 1. The summed E-state index contributed by atoms with van der Waals surface area (Å²) in [5, 5.41) is 4.05. The van der Waals surface area contributed by atoms with Crippen molar-refractivity contribution in [2.24, 2.45) is 0 Å². The van der Waals surface area contributed by atoms with Crippen LogP contribution in [0.15, 0.2) is 78.9 Å². The molecule has 2 heterocycles. The highest BCUT2D eigenvalue weighted by molar-refractivity contribution is 5.95. The maximum atomic E-state index is 11.8. The second-order valence-corrected chi connectivity index (χ2v) is 7.56. The zero-order valence-corrected chi connectivity index (χ0v) is 17.0. The number of rotatable bonds is 6. The van der Waals surface area contributed by atoms with Gasteiger partial charge in [0, 0.05) is 11.8 Å². The van der Waals surface area contributed by atoms with Crippen LogP contribution in [0.3, 0.4) is 0 Å². The molecule has 154 valence electrons. The van der Waals surface area contributed by atoms with E-state index in [0.717, 1.165) is 45.6 Å². The average Bonchev–Trinajstić information content (AvgIpc) is 2.81. The fourth-order valence-corrected chi connectivity index (χ4v) is 3.73. The van der Waals surface area contributed by atoms with Crippen LogP contribution in [-0.2, 0) is 24.4 Å². The van der Waals surface area contributed by atoms with Crippen molar-refractivity contribution in [1.29, 1.82) is 0 Å². The molecule has 5 heteroatoms. The number of benzene rings is 3. The zero-order chi connectivity index (χ0) is 21.0. The van der Waals surface area contributed by atoms with Gasteiger partial charge < -0.3 is 14.8 Å². The molecular weight excluding hydrogens is 388 g/mol. The van der Waals surface area contributed by atoms with E-state index in [-0.39, 0.29) is 5.91 Å². The van der Waals surface area contributed by atoms with E-state index in [1.54, 1.807) is 0 Å². The van der Waals surface area contributed by atoms with Gasteiger partial charge >= 0.3 is 0 Å². The number of nitrogens with one attached hydrogen (secondary N) is 1. The van der Waals surface area contributed by atoms with Crippen LogP contribution in [0.1, 0.15) is 23.2 Å². The summed E-state index contributed by atoms with van der Waals surface area (Å²) in [4.78, 5) is 16.4. The summed E-state index contributed by atoms with van der Waals surface area (Å²) in [5.41, 5.74) is 4.73. The first-order chi connectivity index (χ1) is 15.2. The quantitative estimate of drug-likeness (QED) is 0.470. The van der Waals surface area contributed by atoms with Gasteiger partial charge in [-0.05, 0) is 47.9 Å². The lowest BCUT2D eigenvalue weighted by molar-refractivity contribution is -0.116. The van der Waals surface area contributed by atoms with Crippen molar-refractivity contribution in [3.8, 4) is 11.5 Å². The number of aromatic nitrogens is 1. The number of pyridine rings is 1. The molecule has 0 aliphatic carbocycles. The third kappa shape index (κ3) is 4.36. The Morgan fingerprint density at radius 1 is 0.839 bits per heavy atom. The van der Waals surface area contributed by atoms with Crippen LogP contribution < -0.4 is 14.8 Å². The van der Waals surface area contributed by atoms with Crippen LogP contribution >= 0.6 is 0 Å². The van der Waals surface area contributed by atoms with Gasteiger partial charge in [0.1, 0.15) is 24.7 Å². The molecule has 0 fully saturated rings. The van der Waals surface area contributed by atoms with Crippen LogP contribution in [0.5, 0.6) is 11.5 Å². The normalized spacial score (nSPS) is 12.8. The first kappa shape index (κ1) is 19.1. The molecule has 0 radical (unpaired) electrons. The third-order valence-corrected chi connectivity index (χ3v) is 5.33. The Bertz CT molecular complexity index is 1250. The number of fused-ring (bicyclic) bond motifs is 2. The van der Waals surface area contributed by atoms with E-state index >= 15 is 0 Å². The molecule has 0 spiro atoms. The topological polar surface area (TPSA) is 60.5 Å². The maximum absolute atomic E-state index is 11.8. The van der Waals surface area contributed by atoms with Gasteiger partial charge in [0.25, 0.3) is 0 Å². The minimum absolute atomic E-state index is 0.0289. The van der Waals surface area contributed by atoms with Crippen molar-refractivity contribution in [2.75, 3.05) is 5.32 Å². The van der Waals surface area contributed by atoms with E-state index in [1.807, 2.05) is 72.8 Å². The summed E-state index contributed by atoms with van der Waals surface area (Å²) in [6.45, 7) is 0.783. The molecule has 1 amide bonds. The summed E-state index contributed by atoms with van der Waals surface area (Å²) in [6.07, 6.45) is 1.26. The molecule has 31 heavy (non-hydrogen) atoms. The fourth-order valence-electron chi connectivity index (χ4n) is 3.73. The number of para-hydroxylation sites is 2. The minimum Gasteiger partial charge on any atom is -0.487 e. The molecule has 0 unspecified atom stereocenters. The third-order valence-electron chi connectivity index (χ3n) is 5.33. The lowest BCUT2D eigenvalue weighted by Gasteiger charge is -2.20. The van der Waals surface area contributed by atoms with Crippen LogP contribution in [0.4, 0.5) is 5.69 Å². The van der Waals surface area contributed by atoms with Gasteiger partial charge in [-0.1, -0.05) is 48.5 Å². The molecule has 5 rings (SSSR count). The van der Waals surface area contributed by atoms with E-state index in [2.05, 4.69) is 16.4 Å². The van der Waals surface area contributed by atoms with Crippen molar-refractivity contribution in [1.82, 2.24) is 4.98 Å². The van der Waals surface area contributed by atoms with Crippen LogP contribution in [0, 0.1) is 0 Å². The zero-order valence-electron chi connectivity index (χ0n) is 17.0. The van der Waals surface area contributed by atoms with Crippen molar-refractivity contribution in [2.45, 2.75) is 26.1 Å². The second-order valence-electron chi connectivity index (χ2n) is 7.56. The second kappa shape index (κ2) is 8.48. The lowest BCUT2D eigenvalue weighted by Crippen LogP contribution is -2.19. The predicted octanol–water partition coefficient (Wildman–Crippen LogP) is 5.28. The number of nitrogens with zero attached hydrogens (tertiary/aromatic N) is 1. The minimum atomic E-state index is 0.0289. The van der Waals surface area contributed by atoms with Gasteiger partial charge in [-0.15, -0.1) is 0 Å². The van der Waals surface area contributed by atoms with E-state index < -0.39 is 0 Å². The molecule has 0 atom stereocenters. The standard InChI is InChI=1S/C26H22N2O3/c29-25-14-12-20-7-4-10-24(26(20)28-25)31-16-18-5-3-8-22(15-18)30-17-21-13-11-19-6-1-2-9-23(19)27-21/h1-11,13,15H,12,14,16-17H2,(H,28,29). The Labute approximate surface area is 180 Å². The summed E-state index contributed by atoms with van der Waals surface area (Å²) < 4.78 is 12.0. The Morgan fingerprint density at radius 2 is 1.74 bits per heavy atom. The van der Waals surface area contributed by atoms with E-state index in [0.29, 0.717) is 25.4 Å². The number of ether oxygens (including phenoxy) is 2. The SMILES string of the molecule is O=C1CCc2cccc(OCc3cccc(OCc4ccc5ccccc5n4)c3)c2N1. The van der Waals surface area contributed by atoms with Crippen LogP contribution in [0.25, 0.3) is 10.9 Å². The van der Waals surface area contributed by atoms with Gasteiger partial charge in [-0.25, -0.2) is 4.98 Å². The number of carbonyl (C=O) groups excluding carboxylic acids is 1. The van der Waals surface area contributed by atoms with Gasteiger partial charge in [0.15, 0.2) is 0 Å². The molecule has 1 aliphatic heterocycles. The molecule has 1 N–H and O–H groups in total. The highest BCUT2D eigenvalue weighted by Gasteiger charge is 2.18. The molecule has 0 bridgehead atoms. The van der Waals surface area contributed by atoms with Crippen molar-refractivity contribution in [3.63, 3.8) is 0 Å². The fraction of sp³-hybridized carbons (Fsp3) is 0.154. The van der Waals surface area contributed by atoms with Gasteiger partial charge in [-0.3, -0.25) is 4.79 Å². The summed E-state index contributed by atoms with van der Waals surface area (Å²) in [5.74, 6) is 1.48. The molecule has 5 nitrogen and oxygen atoms in total. The number of amides is 1. The monoisotopic (exact) mass is 410 g/mol. The Balaban J connectivity index is 1.25. The average molecular weight is 410 g/mol. The van der Waals surface area contributed by atoms with E-state index in [4.69, 9.17) is 9.47 Å². The number of aryl methyl sites for hydroxylation is 1. The van der Waals surface area contributed by atoms with E-state index in [1.165, 1.54) is 0 Å². The van der Waals surface area contributed by atoms with Crippen molar-refractivity contribution < 1.29 is 14.3 Å². The van der Waals surface area contributed by atoms with Crippen molar-refractivity contribution >= 4 is 22.5 Å². The first-order valence-corrected chi connectivity index (χ1v) is 10.4. The van der Waals surface area contributed by atoms with Crippen LogP contribution in [0.2, 0.25) is 0 Å². The molecule has 3 aromatic carbocycles. The molecule has 4 aromatic rings. The molecule has 1 aliphatic rings. The Kier molecular flexibility index (Phi) is 5.23. The smallest absolute Gasteiger partial charge is 0.224 e. The Morgan fingerprint density at radius 3 is 2.71 bits per heavy atom. The van der Waals surface area contributed by atoms with Crippen molar-refractivity contribution in [3.05, 3.63) is 95.7 Å². The van der Waals surface area contributed by atoms with Gasteiger partial charge in [0.05, 0.1) is 16.9 Å².